The summed E-state index contributed by atoms with van der Waals surface area (Å²) in [4.78, 5) is 10.9. The number of halogens is 1. The molecule has 106 valence electrons. The molecule has 0 N–H and O–H groups in total. The molecule has 2 rings (SSSR count). The lowest BCUT2D eigenvalue weighted by Crippen LogP contribution is -2.39. The van der Waals surface area contributed by atoms with Crippen molar-refractivity contribution in [1.29, 1.82) is 0 Å². The van der Waals surface area contributed by atoms with Crippen molar-refractivity contribution in [2.24, 2.45) is 0 Å². The zero-order valence-corrected chi connectivity index (χ0v) is 12.5. The molecule has 1 fully saturated rings. The van der Waals surface area contributed by atoms with Crippen LogP contribution in [-0.4, -0.2) is 35.5 Å². The van der Waals surface area contributed by atoms with Gasteiger partial charge in [-0.2, -0.15) is 0 Å². The fourth-order valence-corrected chi connectivity index (χ4v) is 3.05. The molecular formula is C14H22ClN3O. The highest BCUT2D eigenvalue weighted by Crippen LogP contribution is 2.30. The van der Waals surface area contributed by atoms with E-state index >= 15 is 0 Å². The number of alkyl halides is 1. The van der Waals surface area contributed by atoms with Crippen LogP contribution in [0.2, 0.25) is 0 Å². The molecule has 0 saturated heterocycles. The van der Waals surface area contributed by atoms with Gasteiger partial charge in [-0.1, -0.05) is 19.3 Å². The summed E-state index contributed by atoms with van der Waals surface area (Å²) in [5, 5.41) is 0. The van der Waals surface area contributed by atoms with E-state index in [1.807, 2.05) is 6.92 Å². The number of nitrogens with zero attached hydrogens (tertiary/aromatic N) is 3. The second-order valence-electron chi connectivity index (χ2n) is 5.01. The van der Waals surface area contributed by atoms with Crippen molar-refractivity contribution in [2.45, 2.75) is 45.1 Å². The molecular weight excluding hydrogens is 262 g/mol. The molecule has 0 bridgehead atoms. The molecule has 0 unspecified atom stereocenters. The second kappa shape index (κ2) is 6.94. The van der Waals surface area contributed by atoms with Gasteiger partial charge in [0.25, 0.3) is 0 Å². The molecule has 1 heterocycles. The fourth-order valence-electron chi connectivity index (χ4n) is 2.87. The summed E-state index contributed by atoms with van der Waals surface area (Å²) >= 11 is 5.98. The highest BCUT2D eigenvalue weighted by Gasteiger charge is 2.24. The van der Waals surface area contributed by atoms with E-state index in [2.05, 4.69) is 14.9 Å². The molecule has 0 spiro atoms. The van der Waals surface area contributed by atoms with Gasteiger partial charge >= 0.3 is 0 Å². The van der Waals surface area contributed by atoms with Crippen molar-refractivity contribution in [3.63, 3.8) is 0 Å². The molecule has 0 radical (unpaired) electrons. The standard InChI is InChI=1S/C14H22ClN3O/c1-11-13(16-10-17-14(11)19-2)18(9-8-15)12-6-4-3-5-7-12/h10,12H,3-9H2,1-2H3. The number of hydrogen-bond donors (Lipinski definition) is 0. The molecule has 0 atom stereocenters. The van der Waals surface area contributed by atoms with Gasteiger partial charge < -0.3 is 9.64 Å². The maximum atomic E-state index is 5.98. The zero-order chi connectivity index (χ0) is 13.7. The molecule has 1 aromatic rings. The van der Waals surface area contributed by atoms with Crippen molar-refractivity contribution < 1.29 is 4.74 Å². The van der Waals surface area contributed by atoms with Gasteiger partial charge in [-0.25, -0.2) is 9.97 Å². The van der Waals surface area contributed by atoms with Crippen molar-refractivity contribution >= 4 is 17.4 Å². The number of rotatable bonds is 5. The van der Waals surface area contributed by atoms with Crippen LogP contribution in [0.4, 0.5) is 5.82 Å². The largest absolute Gasteiger partial charge is 0.481 e. The molecule has 4 nitrogen and oxygen atoms in total. The van der Waals surface area contributed by atoms with Crippen LogP contribution in [0.5, 0.6) is 5.88 Å². The SMILES string of the molecule is COc1ncnc(N(CCCl)C2CCCCC2)c1C. The molecule has 0 aliphatic heterocycles. The molecule has 0 aromatic carbocycles. The maximum absolute atomic E-state index is 5.98. The van der Waals surface area contributed by atoms with Gasteiger partial charge in [0.05, 0.1) is 12.7 Å². The first-order chi connectivity index (χ1) is 9.27. The predicted molar refractivity (Wildman–Crippen MR) is 78.3 cm³/mol. The van der Waals surface area contributed by atoms with Crippen LogP contribution in [0, 0.1) is 6.92 Å². The third kappa shape index (κ3) is 3.30. The lowest BCUT2D eigenvalue weighted by molar-refractivity contribution is 0.390. The summed E-state index contributed by atoms with van der Waals surface area (Å²) in [7, 11) is 1.64. The van der Waals surface area contributed by atoms with Gasteiger partial charge in [-0.15, -0.1) is 11.6 Å². The Morgan fingerprint density at radius 1 is 1.32 bits per heavy atom. The first-order valence-electron chi connectivity index (χ1n) is 6.96. The van der Waals surface area contributed by atoms with Crippen LogP contribution in [0.3, 0.4) is 0 Å². The Hall–Kier alpha value is -1.03. The highest BCUT2D eigenvalue weighted by molar-refractivity contribution is 6.18. The molecule has 5 heteroatoms. The Morgan fingerprint density at radius 3 is 2.68 bits per heavy atom. The summed E-state index contributed by atoms with van der Waals surface area (Å²) < 4.78 is 5.29. The van der Waals surface area contributed by atoms with Crippen LogP contribution in [0.1, 0.15) is 37.7 Å². The predicted octanol–water partition coefficient (Wildman–Crippen LogP) is 3.17. The van der Waals surface area contributed by atoms with Gasteiger partial charge in [0.1, 0.15) is 12.1 Å². The minimum atomic E-state index is 0.547. The van der Waals surface area contributed by atoms with E-state index < -0.39 is 0 Å². The number of ether oxygens (including phenoxy) is 1. The molecule has 1 aliphatic carbocycles. The van der Waals surface area contributed by atoms with E-state index in [1.54, 1.807) is 13.4 Å². The van der Waals surface area contributed by atoms with E-state index in [1.165, 1.54) is 32.1 Å². The van der Waals surface area contributed by atoms with E-state index in [9.17, 15) is 0 Å². The second-order valence-corrected chi connectivity index (χ2v) is 5.38. The third-order valence-corrected chi connectivity index (χ3v) is 3.99. The average Bonchev–Trinajstić information content (AvgIpc) is 2.46. The summed E-state index contributed by atoms with van der Waals surface area (Å²) in [5.41, 5.74) is 1.00. The summed E-state index contributed by atoms with van der Waals surface area (Å²) in [6, 6.07) is 0.547. The summed E-state index contributed by atoms with van der Waals surface area (Å²) in [6.45, 7) is 2.84. The van der Waals surface area contributed by atoms with Crippen LogP contribution in [-0.2, 0) is 0 Å². The molecule has 1 aliphatic rings. The molecule has 1 aromatic heterocycles. The third-order valence-electron chi connectivity index (χ3n) is 3.82. The van der Waals surface area contributed by atoms with E-state index in [-0.39, 0.29) is 0 Å². The first kappa shape index (κ1) is 14.4. The monoisotopic (exact) mass is 283 g/mol. The normalized spacial score (nSPS) is 16.4. The quantitative estimate of drug-likeness (QED) is 0.778. The lowest BCUT2D eigenvalue weighted by Gasteiger charge is -2.35. The fraction of sp³-hybridized carbons (Fsp3) is 0.714. The van der Waals surface area contributed by atoms with Gasteiger partial charge in [0.2, 0.25) is 5.88 Å². The van der Waals surface area contributed by atoms with E-state index in [0.717, 1.165) is 17.9 Å². The molecule has 1 saturated carbocycles. The van der Waals surface area contributed by atoms with Crippen molar-refractivity contribution in [3.05, 3.63) is 11.9 Å². The number of aromatic nitrogens is 2. The Labute approximate surface area is 120 Å². The maximum Gasteiger partial charge on any atom is 0.221 e. The number of anilines is 1. The topological polar surface area (TPSA) is 38.3 Å². The lowest BCUT2D eigenvalue weighted by atomic mass is 9.94. The molecule has 0 amide bonds. The minimum absolute atomic E-state index is 0.547. The van der Waals surface area contributed by atoms with Crippen LogP contribution in [0.25, 0.3) is 0 Å². The number of hydrogen-bond acceptors (Lipinski definition) is 4. The van der Waals surface area contributed by atoms with Crippen LogP contribution < -0.4 is 9.64 Å². The number of methoxy groups -OCH3 is 1. The van der Waals surface area contributed by atoms with Crippen LogP contribution in [0.15, 0.2) is 6.33 Å². The Kier molecular flexibility index (Phi) is 5.25. The van der Waals surface area contributed by atoms with Gasteiger partial charge in [0, 0.05) is 18.5 Å². The van der Waals surface area contributed by atoms with Gasteiger partial charge in [-0.3, -0.25) is 0 Å². The van der Waals surface area contributed by atoms with Crippen molar-refractivity contribution in [2.75, 3.05) is 24.4 Å². The van der Waals surface area contributed by atoms with Gasteiger partial charge in [0.15, 0.2) is 0 Å². The minimum Gasteiger partial charge on any atom is -0.481 e. The zero-order valence-electron chi connectivity index (χ0n) is 11.7. The molecule has 19 heavy (non-hydrogen) atoms. The smallest absolute Gasteiger partial charge is 0.221 e. The van der Waals surface area contributed by atoms with Crippen molar-refractivity contribution in [1.82, 2.24) is 9.97 Å². The summed E-state index contributed by atoms with van der Waals surface area (Å²) in [6.07, 6.45) is 7.96. The summed E-state index contributed by atoms with van der Waals surface area (Å²) in [5.74, 6) is 2.24. The van der Waals surface area contributed by atoms with E-state index in [0.29, 0.717) is 17.8 Å². The van der Waals surface area contributed by atoms with E-state index in [4.69, 9.17) is 16.3 Å². The van der Waals surface area contributed by atoms with Crippen molar-refractivity contribution in [3.8, 4) is 5.88 Å². The first-order valence-corrected chi connectivity index (χ1v) is 7.49. The van der Waals surface area contributed by atoms with Crippen LogP contribution >= 0.6 is 11.6 Å². The van der Waals surface area contributed by atoms with Gasteiger partial charge in [-0.05, 0) is 19.8 Å². The Bertz CT molecular complexity index is 408. The Morgan fingerprint density at radius 2 is 2.05 bits per heavy atom. The Balaban J connectivity index is 2.27. The highest BCUT2D eigenvalue weighted by atomic mass is 35.5. The average molecular weight is 284 g/mol.